The van der Waals surface area contributed by atoms with Gasteiger partial charge in [-0.3, -0.25) is 5.84 Å². The zero-order valence-electron chi connectivity index (χ0n) is 6.52. The third-order valence-corrected chi connectivity index (χ3v) is 2.13. The van der Waals surface area contributed by atoms with Gasteiger partial charge in [-0.1, -0.05) is 6.92 Å². The molecule has 0 radical (unpaired) electrons. The topological polar surface area (TPSA) is 29.3 Å². The normalized spacial score (nSPS) is 35.3. The van der Waals surface area contributed by atoms with Gasteiger partial charge in [0.05, 0.1) is 0 Å². The van der Waals surface area contributed by atoms with Crippen LogP contribution in [0.25, 0.3) is 0 Å². The zero-order chi connectivity index (χ0) is 7.07. The summed E-state index contributed by atoms with van der Waals surface area (Å²) in [4.78, 5) is 0. The van der Waals surface area contributed by atoms with Gasteiger partial charge in [0, 0.05) is 12.1 Å². The summed E-state index contributed by atoms with van der Waals surface area (Å²) in [6.45, 7) is 7.68. The fourth-order valence-corrected chi connectivity index (χ4v) is 1.62. The van der Waals surface area contributed by atoms with Gasteiger partial charge in [0.2, 0.25) is 0 Å². The Bertz CT molecular complexity index is 109. The first kappa shape index (κ1) is 7.03. The molecule has 1 aliphatic rings. The highest BCUT2D eigenvalue weighted by atomic mass is 15.4. The summed E-state index contributed by atoms with van der Waals surface area (Å²) in [6, 6.07) is 0. The van der Waals surface area contributed by atoms with Crippen molar-refractivity contribution in [3.63, 3.8) is 0 Å². The third kappa shape index (κ3) is 1.25. The molecule has 2 nitrogen and oxygen atoms in total. The molecule has 0 bridgehead atoms. The fourth-order valence-electron chi connectivity index (χ4n) is 1.62. The summed E-state index contributed by atoms with van der Waals surface area (Å²) in [5, 5.41) is 1.94. The molecular formula is C7H16N2. The first-order valence-corrected chi connectivity index (χ1v) is 3.55. The van der Waals surface area contributed by atoms with Gasteiger partial charge in [0.15, 0.2) is 0 Å². The number of rotatable bonds is 0. The van der Waals surface area contributed by atoms with Crippen molar-refractivity contribution in [2.24, 2.45) is 11.8 Å². The Balaban J connectivity index is 2.58. The Morgan fingerprint density at radius 1 is 1.56 bits per heavy atom. The summed E-state index contributed by atoms with van der Waals surface area (Å²) < 4.78 is 0. The maximum Gasteiger partial charge on any atom is 0.0298 e. The number of nitrogens with zero attached hydrogens (tertiary/aromatic N) is 1. The minimum Gasteiger partial charge on any atom is -0.268 e. The summed E-state index contributed by atoms with van der Waals surface area (Å²) >= 11 is 0. The van der Waals surface area contributed by atoms with Gasteiger partial charge < -0.3 is 0 Å². The van der Waals surface area contributed by atoms with Gasteiger partial charge in [0.25, 0.3) is 0 Å². The van der Waals surface area contributed by atoms with Crippen LogP contribution in [0.4, 0.5) is 0 Å². The Hall–Kier alpha value is -0.0800. The standard InChI is InChI=1S/C7H16N2/c1-6-4-7(2,3)9(8)5-6/h6H,4-5,8H2,1-3H3/t6-/m0/s1. The highest BCUT2D eigenvalue weighted by Gasteiger charge is 2.33. The van der Waals surface area contributed by atoms with E-state index in [1.54, 1.807) is 0 Å². The minimum atomic E-state index is 0.236. The molecule has 0 spiro atoms. The molecule has 9 heavy (non-hydrogen) atoms. The molecular weight excluding hydrogens is 112 g/mol. The predicted octanol–water partition coefficient (Wildman–Crippen LogP) is 0.980. The minimum absolute atomic E-state index is 0.236. The number of hydrogen-bond donors (Lipinski definition) is 1. The molecule has 54 valence electrons. The fraction of sp³-hybridized carbons (Fsp3) is 1.00. The van der Waals surface area contributed by atoms with Gasteiger partial charge in [-0.05, 0) is 26.2 Å². The Kier molecular flexibility index (Phi) is 1.53. The molecule has 0 amide bonds. The molecule has 2 N–H and O–H groups in total. The highest BCUT2D eigenvalue weighted by Crippen LogP contribution is 2.28. The Morgan fingerprint density at radius 2 is 2.11 bits per heavy atom. The van der Waals surface area contributed by atoms with Crippen LogP contribution in [0.2, 0.25) is 0 Å². The zero-order valence-corrected chi connectivity index (χ0v) is 6.52. The van der Waals surface area contributed by atoms with Crippen LogP contribution in [0, 0.1) is 5.92 Å². The maximum atomic E-state index is 5.74. The SMILES string of the molecule is C[C@@H]1CN(N)C(C)(C)C1. The van der Waals surface area contributed by atoms with Gasteiger partial charge >= 0.3 is 0 Å². The van der Waals surface area contributed by atoms with Crippen molar-refractivity contribution in [1.82, 2.24) is 5.01 Å². The maximum absolute atomic E-state index is 5.74. The van der Waals surface area contributed by atoms with E-state index in [1.807, 2.05) is 5.01 Å². The second-order valence-electron chi connectivity index (χ2n) is 3.77. The van der Waals surface area contributed by atoms with Gasteiger partial charge in [-0.2, -0.15) is 0 Å². The van der Waals surface area contributed by atoms with E-state index in [2.05, 4.69) is 20.8 Å². The number of hydrazine groups is 1. The van der Waals surface area contributed by atoms with E-state index in [9.17, 15) is 0 Å². The van der Waals surface area contributed by atoms with Crippen molar-refractivity contribution in [3.05, 3.63) is 0 Å². The quantitative estimate of drug-likeness (QED) is 0.493. The first-order valence-electron chi connectivity index (χ1n) is 3.55. The molecule has 1 fully saturated rings. The molecule has 1 heterocycles. The average Bonchev–Trinajstić information content (AvgIpc) is 1.79. The van der Waals surface area contributed by atoms with Crippen LogP contribution in [0.3, 0.4) is 0 Å². The smallest absolute Gasteiger partial charge is 0.0298 e. The van der Waals surface area contributed by atoms with E-state index < -0.39 is 0 Å². The average molecular weight is 128 g/mol. The Labute approximate surface area is 57.0 Å². The molecule has 0 unspecified atom stereocenters. The van der Waals surface area contributed by atoms with Crippen LogP contribution >= 0.6 is 0 Å². The van der Waals surface area contributed by atoms with Crippen molar-refractivity contribution < 1.29 is 0 Å². The molecule has 2 heteroatoms. The van der Waals surface area contributed by atoms with Crippen LogP contribution in [0.15, 0.2) is 0 Å². The summed E-state index contributed by atoms with van der Waals surface area (Å²) in [5.41, 5.74) is 0.236. The van der Waals surface area contributed by atoms with E-state index in [0.29, 0.717) is 0 Å². The largest absolute Gasteiger partial charge is 0.268 e. The lowest BCUT2D eigenvalue weighted by Crippen LogP contribution is -2.43. The summed E-state index contributed by atoms with van der Waals surface area (Å²) in [6.07, 6.45) is 1.23. The van der Waals surface area contributed by atoms with Crippen LogP contribution in [-0.2, 0) is 0 Å². The lowest BCUT2D eigenvalue weighted by atomic mass is 9.98. The molecule has 0 saturated carbocycles. The summed E-state index contributed by atoms with van der Waals surface area (Å²) in [5.74, 6) is 6.50. The van der Waals surface area contributed by atoms with E-state index in [4.69, 9.17) is 5.84 Å². The van der Waals surface area contributed by atoms with Crippen LogP contribution in [0.1, 0.15) is 27.2 Å². The number of nitrogens with two attached hydrogens (primary N) is 1. The highest BCUT2D eigenvalue weighted by molar-refractivity contribution is 4.87. The summed E-state index contributed by atoms with van der Waals surface area (Å²) in [7, 11) is 0. The van der Waals surface area contributed by atoms with Crippen LogP contribution < -0.4 is 5.84 Å². The predicted molar refractivity (Wildman–Crippen MR) is 38.8 cm³/mol. The van der Waals surface area contributed by atoms with E-state index in [0.717, 1.165) is 12.5 Å². The lowest BCUT2D eigenvalue weighted by molar-refractivity contribution is 0.178. The van der Waals surface area contributed by atoms with Crippen LogP contribution in [-0.4, -0.2) is 17.1 Å². The monoisotopic (exact) mass is 128 g/mol. The molecule has 1 rings (SSSR count). The first-order chi connectivity index (χ1) is 4.02. The second kappa shape index (κ2) is 1.96. The second-order valence-corrected chi connectivity index (χ2v) is 3.77. The van der Waals surface area contributed by atoms with Gasteiger partial charge in [-0.25, -0.2) is 5.01 Å². The van der Waals surface area contributed by atoms with Gasteiger partial charge in [-0.15, -0.1) is 0 Å². The number of hydrogen-bond acceptors (Lipinski definition) is 2. The molecule has 1 atom stereocenters. The van der Waals surface area contributed by atoms with Crippen LogP contribution in [0.5, 0.6) is 0 Å². The third-order valence-electron chi connectivity index (χ3n) is 2.13. The molecule has 0 aromatic rings. The molecule has 1 aliphatic heterocycles. The van der Waals surface area contributed by atoms with Crippen molar-refractivity contribution in [2.75, 3.05) is 6.54 Å². The van der Waals surface area contributed by atoms with Crippen molar-refractivity contribution in [3.8, 4) is 0 Å². The van der Waals surface area contributed by atoms with E-state index in [1.165, 1.54) is 6.42 Å². The Morgan fingerprint density at radius 3 is 2.22 bits per heavy atom. The van der Waals surface area contributed by atoms with E-state index in [-0.39, 0.29) is 5.54 Å². The lowest BCUT2D eigenvalue weighted by Gasteiger charge is -2.26. The van der Waals surface area contributed by atoms with Crippen molar-refractivity contribution in [2.45, 2.75) is 32.7 Å². The van der Waals surface area contributed by atoms with Gasteiger partial charge in [0.1, 0.15) is 0 Å². The van der Waals surface area contributed by atoms with Crippen molar-refractivity contribution in [1.29, 1.82) is 0 Å². The van der Waals surface area contributed by atoms with Crippen molar-refractivity contribution >= 4 is 0 Å². The molecule has 0 aromatic carbocycles. The molecule has 0 aliphatic carbocycles. The molecule has 1 saturated heterocycles. The molecule has 0 aromatic heterocycles. The van der Waals surface area contributed by atoms with E-state index >= 15 is 0 Å².